The van der Waals surface area contributed by atoms with Crippen LogP contribution < -0.4 is 0 Å². The number of rotatable bonds is 28. The van der Waals surface area contributed by atoms with E-state index in [9.17, 15) is 43.5 Å². The predicted molar refractivity (Wildman–Crippen MR) is 553 cm³/mol. The number of aliphatic hydroxyl groups is 1. The van der Waals surface area contributed by atoms with Crippen LogP contribution in [0.3, 0.4) is 0 Å². The molecule has 25 nitrogen and oxygen atoms in total. The van der Waals surface area contributed by atoms with Gasteiger partial charge in [-0.3, -0.25) is 0 Å². The number of esters is 8. The van der Waals surface area contributed by atoms with Gasteiger partial charge in [-0.05, 0) is 408 Å². The number of carbonyl (C=O) groups excluding carboxylic acids is 8. The molecule has 32 fully saturated rings. The van der Waals surface area contributed by atoms with Gasteiger partial charge in [0.15, 0.2) is 0 Å². The first kappa shape index (κ1) is 105. The summed E-state index contributed by atoms with van der Waals surface area (Å²) in [5, 5.41) is 11.3. The number of hydrogen-bond donors (Lipinski definition) is 1. The van der Waals surface area contributed by atoms with Crippen molar-refractivity contribution in [1.29, 1.82) is 0 Å². The summed E-state index contributed by atoms with van der Waals surface area (Å²) in [5.41, 5.74) is 0.937. The van der Waals surface area contributed by atoms with Gasteiger partial charge in [-0.1, -0.05) is 59.6 Å². The highest BCUT2D eigenvalue weighted by molar-refractivity contribution is 8.00. The van der Waals surface area contributed by atoms with Crippen molar-refractivity contribution in [3.63, 3.8) is 0 Å². The molecule has 56 atom stereocenters. The standard InChI is InChI=1S/C16H22O3S.C16H22O3.C15H20O3S.C15H20O3.C14H18O3.C13H16O3.C11H16O.C10H14O2.C6H10O2.C5H8O2/c1-8(2)16(17)18-3-4-20-13-6-9-5-11(13)14-10(9)7-12-15(14)19-12;1-2-14(17)18-5-3-4-9-6-10-7-11(9)15-12(10)8-13-16(15)19-13;1-2-13(16)17-3-4-19-12-6-8-5-10(12)14-9(8)7-11-15(14)18-11;1-2-13(16)17-4-3-8-5-9-6-10(8)14-11(9)7-12-15(14)18-12;1-2-12(15)16-6-8-3-7-4-9(8)13-10(7)5-11-14(13)17-11;1-2-11(14)15-9-4-6-3-8(9)12-7(6)5-10-13(12)16-10;1-5-2-6-3-7(5)10-8(6)4-9-11(10)12-9;11-7-2-4-1-6(7)9-5(4)3-8-10(9)12-8;1-4-8-6(7)5(2)3;1-3-5(6)7-4-2/h9-15H,1,3-7H2,2H3;2,9-13,15-16H,1,3-8H2;2,8-12,14-15H,1,3-7H2;2,8-12,14-15H,1,3-7H2;2,7-11,13-14H,1,3-6H2;2,6-10,12-13H,1,3-5H2;5-11H,2-4H2,1H3;4-11H,1-3H2;2,4H2,1,3H3;3H,1,4H2,2H3. The Balaban J connectivity index is 0.0000000915. The molecule has 0 spiro atoms. The van der Waals surface area contributed by atoms with E-state index in [1.807, 2.05) is 23.5 Å². The Labute approximate surface area is 884 Å². The summed E-state index contributed by atoms with van der Waals surface area (Å²) in [6.45, 7) is 40.2. The molecular weight excluding hydrogens is 1920 g/mol. The van der Waals surface area contributed by atoms with Gasteiger partial charge in [0.25, 0.3) is 0 Å². The number of hydrogen-bond acceptors (Lipinski definition) is 27. The SMILES string of the molecule is C=C(C)C(=O)OCC.C=C(C)C(=O)OCCSC1CC2CC1C1C2CC2OC21.C=CC(=O)OC1CC2CC1C1C2CC2OC21.C=CC(=O)OCC.C=CC(=O)OCC1CC2CC1C1C2CC2OC21.C=CC(=O)OCCC1CC2CC1C1C2CC2OC21.C=CC(=O)OCCCC1CC2CC1C1C2CC2OC21.C=CC(=O)OCCSC1CC2CC1C1C2CC2OC21.CC1CC2CC1C1C2CC2OC21.OC1CC2CC1C1C2CC2OC21. The second kappa shape index (κ2) is 43.5. The average Bonchev–Trinajstić information content (AvgIpc) is 1.55. The molecular formula is C121H166O25S2. The Bertz CT molecular complexity index is 4870. The molecule has 0 aromatic heterocycles. The number of fused-ring (bicyclic) bond motifs is 56. The molecule has 0 amide bonds. The maximum absolute atomic E-state index is 11.3. The molecule has 148 heavy (non-hydrogen) atoms. The minimum absolute atomic E-state index is 0.0131. The van der Waals surface area contributed by atoms with E-state index < -0.39 is 0 Å². The van der Waals surface area contributed by atoms with E-state index in [1.165, 1.54) is 172 Å². The van der Waals surface area contributed by atoms with Crippen LogP contribution in [0.15, 0.2) is 100 Å². The van der Waals surface area contributed by atoms with Gasteiger partial charge in [0.05, 0.1) is 137 Å². The van der Waals surface area contributed by atoms with Gasteiger partial charge in [-0.15, -0.1) is 0 Å². The fourth-order valence-corrected chi connectivity index (χ4v) is 41.9. The van der Waals surface area contributed by atoms with Crippen LogP contribution in [0, 0.1) is 213 Å². The van der Waals surface area contributed by atoms with Gasteiger partial charge < -0.3 is 80.9 Å². The van der Waals surface area contributed by atoms with Crippen molar-refractivity contribution in [2.75, 3.05) is 57.8 Å². The zero-order valence-electron chi connectivity index (χ0n) is 88.0. The van der Waals surface area contributed by atoms with Crippen molar-refractivity contribution in [3.05, 3.63) is 100 Å². The molecule has 32 rings (SSSR count). The van der Waals surface area contributed by atoms with Crippen molar-refractivity contribution < 1.29 is 119 Å². The maximum Gasteiger partial charge on any atom is 0.333 e. The first-order chi connectivity index (χ1) is 71.7. The first-order valence-corrected chi connectivity index (χ1v) is 60.4. The largest absolute Gasteiger partial charge is 0.463 e. The summed E-state index contributed by atoms with van der Waals surface area (Å²) < 4.78 is 85.6. The van der Waals surface area contributed by atoms with Gasteiger partial charge in [0, 0.05) is 75.5 Å². The second-order valence-electron chi connectivity index (χ2n) is 51.2. The van der Waals surface area contributed by atoms with Crippen LogP contribution in [0.2, 0.25) is 0 Å². The highest BCUT2D eigenvalue weighted by Gasteiger charge is 2.74. The summed E-state index contributed by atoms with van der Waals surface area (Å²) in [4.78, 5) is 87.1. The van der Waals surface area contributed by atoms with Gasteiger partial charge >= 0.3 is 47.8 Å². The van der Waals surface area contributed by atoms with Crippen molar-refractivity contribution in [2.24, 2.45) is 213 Å². The van der Waals surface area contributed by atoms with Crippen LogP contribution in [0.5, 0.6) is 0 Å². The van der Waals surface area contributed by atoms with E-state index in [0.29, 0.717) is 167 Å². The zero-order chi connectivity index (χ0) is 103. The van der Waals surface area contributed by atoms with Crippen molar-refractivity contribution >= 4 is 71.3 Å². The molecule has 0 aromatic rings. The third-order valence-electron chi connectivity index (χ3n) is 44.5. The predicted octanol–water partition coefficient (Wildman–Crippen LogP) is 17.7. The summed E-state index contributed by atoms with van der Waals surface area (Å²) in [6, 6.07) is 0. The molecule has 0 aromatic carbocycles. The van der Waals surface area contributed by atoms with E-state index in [2.05, 4.69) is 69.0 Å². The van der Waals surface area contributed by atoms with Crippen LogP contribution in [-0.4, -0.2) is 231 Å². The number of thioether (sulfide) groups is 2. The summed E-state index contributed by atoms with van der Waals surface area (Å²) in [7, 11) is 0. The monoisotopic (exact) mass is 2080 g/mol. The Kier molecular flexibility index (Phi) is 30.9. The maximum atomic E-state index is 11.3. The average molecular weight is 2080 g/mol. The number of ether oxygens (including phenoxy) is 16. The molecule has 32 aliphatic rings. The van der Waals surface area contributed by atoms with E-state index >= 15 is 0 Å². The van der Waals surface area contributed by atoms with Crippen molar-refractivity contribution in [2.45, 2.75) is 328 Å². The van der Waals surface area contributed by atoms with Crippen molar-refractivity contribution in [3.8, 4) is 0 Å². The topological polar surface area (TPSA) is 331 Å². The van der Waals surface area contributed by atoms with E-state index in [1.54, 1.807) is 34.1 Å². The molecule has 812 valence electrons. The van der Waals surface area contributed by atoms with E-state index in [0.717, 1.165) is 255 Å². The molecule has 16 bridgehead atoms. The molecule has 0 radical (unpaired) electrons. The Hall–Kier alpha value is -5.98. The Morgan fingerprint density at radius 1 is 0.297 bits per heavy atom. The summed E-state index contributed by atoms with van der Waals surface area (Å²) in [6.07, 6.45) is 52.8. The summed E-state index contributed by atoms with van der Waals surface area (Å²) >= 11 is 4.01. The third kappa shape index (κ3) is 20.9. The van der Waals surface area contributed by atoms with Crippen LogP contribution >= 0.6 is 23.5 Å². The van der Waals surface area contributed by atoms with Gasteiger partial charge in [-0.25, -0.2) is 38.4 Å². The molecule has 8 aliphatic heterocycles. The van der Waals surface area contributed by atoms with E-state index in [4.69, 9.17) is 66.3 Å². The van der Waals surface area contributed by atoms with Crippen molar-refractivity contribution in [1.82, 2.24) is 0 Å². The molecule has 24 saturated carbocycles. The minimum atomic E-state index is -0.359. The van der Waals surface area contributed by atoms with Crippen LogP contribution in [0.25, 0.3) is 0 Å². The van der Waals surface area contributed by atoms with Crippen LogP contribution in [-0.2, 0) is 114 Å². The number of carbonyl (C=O) groups is 8. The second-order valence-corrected chi connectivity index (χ2v) is 53.9. The Morgan fingerprint density at radius 3 is 1.01 bits per heavy atom. The fraction of sp³-hybridized carbons (Fsp3) is 0.802. The smallest absolute Gasteiger partial charge is 0.333 e. The molecule has 1 N–H and O–H groups in total. The lowest BCUT2D eigenvalue weighted by atomic mass is 9.74. The highest BCUT2D eigenvalue weighted by Crippen LogP contribution is 2.74. The van der Waals surface area contributed by atoms with E-state index in [-0.39, 0.29) is 60.0 Å². The van der Waals surface area contributed by atoms with Crippen LogP contribution in [0.1, 0.15) is 208 Å². The lowest BCUT2D eigenvalue weighted by molar-refractivity contribution is -0.147. The molecule has 8 heterocycles. The van der Waals surface area contributed by atoms with Gasteiger partial charge in [-0.2, -0.15) is 23.5 Å². The molecule has 27 heteroatoms. The number of epoxide rings is 8. The van der Waals surface area contributed by atoms with Gasteiger partial charge in [0.1, 0.15) is 19.3 Å². The molecule has 8 saturated heterocycles. The lowest BCUT2D eigenvalue weighted by Crippen LogP contribution is -2.34. The third-order valence-corrected chi connectivity index (χ3v) is 47.2. The molecule has 56 unspecified atom stereocenters. The lowest BCUT2D eigenvalue weighted by Gasteiger charge is -2.32. The fourth-order valence-electron chi connectivity index (χ4n) is 39.1. The van der Waals surface area contributed by atoms with Gasteiger partial charge in [0.2, 0.25) is 0 Å². The first-order valence-electron chi connectivity index (χ1n) is 58.3. The minimum Gasteiger partial charge on any atom is -0.463 e. The summed E-state index contributed by atoms with van der Waals surface area (Å²) in [5.74, 6) is 31.0. The number of aliphatic hydroxyl groups excluding tert-OH is 1. The quantitative estimate of drug-likeness (QED) is 0.0250. The zero-order valence-corrected chi connectivity index (χ0v) is 89.6. The van der Waals surface area contributed by atoms with Crippen LogP contribution in [0.4, 0.5) is 0 Å². The normalized spacial score (nSPS) is 49.5. The highest BCUT2D eigenvalue weighted by atomic mass is 32.2. The molecule has 24 aliphatic carbocycles. The Morgan fingerprint density at radius 2 is 0.601 bits per heavy atom.